The van der Waals surface area contributed by atoms with Gasteiger partial charge in [0.15, 0.2) is 0 Å². The van der Waals surface area contributed by atoms with Gasteiger partial charge in [0.05, 0.1) is 13.7 Å². The summed E-state index contributed by atoms with van der Waals surface area (Å²) in [4.78, 5) is 11.7. The Hall–Kier alpha value is -2.40. The van der Waals surface area contributed by atoms with Gasteiger partial charge in [0, 0.05) is 11.6 Å². The van der Waals surface area contributed by atoms with E-state index in [1.165, 1.54) is 0 Å². The summed E-state index contributed by atoms with van der Waals surface area (Å²) in [6.07, 6.45) is 0.740. The maximum atomic E-state index is 11.7. The number of benzene rings is 2. The molecular formula is C18H21ClN2O3. The van der Waals surface area contributed by atoms with Gasteiger partial charge in [-0.3, -0.25) is 0 Å². The molecule has 0 saturated heterocycles. The van der Waals surface area contributed by atoms with Crippen molar-refractivity contribution in [2.75, 3.05) is 26.8 Å². The summed E-state index contributed by atoms with van der Waals surface area (Å²) in [6, 6.07) is 14.7. The molecule has 0 bridgehead atoms. The molecule has 6 heteroatoms. The number of methoxy groups -OCH3 is 1. The number of carbonyl (C=O) groups is 1. The van der Waals surface area contributed by atoms with E-state index in [2.05, 4.69) is 10.6 Å². The second-order valence-electron chi connectivity index (χ2n) is 5.09. The summed E-state index contributed by atoms with van der Waals surface area (Å²) in [5, 5.41) is 6.17. The minimum atomic E-state index is -0.215. The van der Waals surface area contributed by atoms with Gasteiger partial charge in [-0.05, 0) is 42.3 Å². The molecule has 0 radical (unpaired) electrons. The maximum Gasteiger partial charge on any atom is 0.314 e. The third-order valence-electron chi connectivity index (χ3n) is 3.29. The first kappa shape index (κ1) is 17.9. The van der Waals surface area contributed by atoms with Gasteiger partial charge in [-0.2, -0.15) is 0 Å². The Bertz CT molecular complexity index is 664. The number of ether oxygens (including phenoxy) is 2. The molecule has 0 aromatic heterocycles. The quantitative estimate of drug-likeness (QED) is 0.720. The van der Waals surface area contributed by atoms with Crippen molar-refractivity contribution in [1.82, 2.24) is 10.6 Å². The van der Waals surface area contributed by atoms with Crippen molar-refractivity contribution in [2.45, 2.75) is 6.42 Å². The van der Waals surface area contributed by atoms with Crippen molar-refractivity contribution in [1.29, 1.82) is 0 Å². The molecule has 0 unspecified atom stereocenters. The van der Waals surface area contributed by atoms with E-state index in [9.17, 15) is 4.79 Å². The third-order valence-corrected chi connectivity index (χ3v) is 3.52. The Kier molecular flexibility index (Phi) is 7.23. The van der Waals surface area contributed by atoms with Crippen molar-refractivity contribution < 1.29 is 14.3 Å². The van der Waals surface area contributed by atoms with Gasteiger partial charge >= 0.3 is 6.03 Å². The van der Waals surface area contributed by atoms with Gasteiger partial charge in [0.2, 0.25) is 0 Å². The van der Waals surface area contributed by atoms with Gasteiger partial charge in [-0.1, -0.05) is 29.8 Å². The number of carbonyl (C=O) groups excluding carboxylic acids is 1. The van der Waals surface area contributed by atoms with Crippen LogP contribution >= 0.6 is 11.6 Å². The zero-order valence-electron chi connectivity index (χ0n) is 13.5. The molecular weight excluding hydrogens is 328 g/mol. The average molecular weight is 349 g/mol. The van der Waals surface area contributed by atoms with E-state index in [-0.39, 0.29) is 6.03 Å². The topological polar surface area (TPSA) is 59.6 Å². The van der Waals surface area contributed by atoms with Gasteiger partial charge in [0.25, 0.3) is 0 Å². The molecule has 2 N–H and O–H groups in total. The lowest BCUT2D eigenvalue weighted by atomic mass is 10.1. The van der Waals surface area contributed by atoms with E-state index in [4.69, 9.17) is 21.1 Å². The molecule has 0 aliphatic rings. The predicted molar refractivity (Wildman–Crippen MR) is 95.0 cm³/mol. The highest BCUT2D eigenvalue weighted by Gasteiger charge is 2.01. The van der Waals surface area contributed by atoms with Crippen LogP contribution in [-0.4, -0.2) is 32.8 Å². The highest BCUT2D eigenvalue weighted by molar-refractivity contribution is 6.30. The molecule has 0 atom stereocenters. The Morgan fingerprint density at radius 1 is 1.04 bits per heavy atom. The van der Waals surface area contributed by atoms with Gasteiger partial charge in [-0.25, -0.2) is 4.79 Å². The van der Waals surface area contributed by atoms with Crippen LogP contribution in [0.1, 0.15) is 5.56 Å². The number of hydrogen-bond acceptors (Lipinski definition) is 3. The summed E-state index contributed by atoms with van der Waals surface area (Å²) in [6.45, 7) is 1.34. The van der Waals surface area contributed by atoms with Crippen molar-refractivity contribution in [3.05, 3.63) is 59.1 Å². The van der Waals surface area contributed by atoms with Crippen LogP contribution < -0.4 is 20.1 Å². The summed E-state index contributed by atoms with van der Waals surface area (Å²) in [5.74, 6) is 1.50. The molecule has 0 aliphatic heterocycles. The lowest BCUT2D eigenvalue weighted by Gasteiger charge is -2.09. The van der Waals surface area contributed by atoms with Crippen molar-refractivity contribution in [3.63, 3.8) is 0 Å². The van der Waals surface area contributed by atoms with Gasteiger partial charge < -0.3 is 20.1 Å². The Balaban J connectivity index is 1.59. The van der Waals surface area contributed by atoms with Crippen LogP contribution in [0, 0.1) is 0 Å². The average Bonchev–Trinajstić information content (AvgIpc) is 2.59. The van der Waals surface area contributed by atoms with Crippen LogP contribution in [0.15, 0.2) is 48.5 Å². The molecule has 128 valence electrons. The van der Waals surface area contributed by atoms with Crippen molar-refractivity contribution in [3.8, 4) is 11.5 Å². The highest BCUT2D eigenvalue weighted by atomic mass is 35.5. The number of nitrogens with one attached hydrogen (secondary N) is 2. The first-order valence-corrected chi connectivity index (χ1v) is 8.08. The molecule has 2 aromatic carbocycles. The maximum absolute atomic E-state index is 11.7. The first-order valence-electron chi connectivity index (χ1n) is 7.70. The molecule has 0 spiro atoms. The SMILES string of the molecule is COc1cccc(CCNC(=O)NCCOc2cccc(Cl)c2)c1. The normalized spacial score (nSPS) is 10.1. The smallest absolute Gasteiger partial charge is 0.314 e. The second kappa shape index (κ2) is 9.67. The lowest BCUT2D eigenvalue weighted by molar-refractivity contribution is 0.236. The van der Waals surface area contributed by atoms with E-state index >= 15 is 0 Å². The molecule has 0 heterocycles. The predicted octanol–water partition coefficient (Wildman–Crippen LogP) is 3.27. The van der Waals surface area contributed by atoms with Gasteiger partial charge in [0.1, 0.15) is 18.1 Å². The Morgan fingerprint density at radius 2 is 1.79 bits per heavy atom. The summed E-state index contributed by atoms with van der Waals surface area (Å²) < 4.78 is 10.7. The summed E-state index contributed by atoms with van der Waals surface area (Å²) in [7, 11) is 1.64. The zero-order valence-corrected chi connectivity index (χ0v) is 14.3. The van der Waals surface area contributed by atoms with E-state index in [0.29, 0.717) is 30.5 Å². The minimum Gasteiger partial charge on any atom is -0.497 e. The largest absolute Gasteiger partial charge is 0.497 e. The fourth-order valence-electron chi connectivity index (χ4n) is 2.10. The molecule has 0 fully saturated rings. The number of halogens is 1. The highest BCUT2D eigenvalue weighted by Crippen LogP contribution is 2.16. The lowest BCUT2D eigenvalue weighted by Crippen LogP contribution is -2.38. The summed E-state index contributed by atoms with van der Waals surface area (Å²) in [5.41, 5.74) is 1.11. The van der Waals surface area contributed by atoms with Crippen LogP contribution in [0.4, 0.5) is 4.79 Å². The van der Waals surface area contributed by atoms with Crippen LogP contribution in [0.25, 0.3) is 0 Å². The first-order chi connectivity index (χ1) is 11.7. The molecule has 2 rings (SSSR count). The number of rotatable bonds is 8. The second-order valence-corrected chi connectivity index (χ2v) is 5.53. The molecule has 5 nitrogen and oxygen atoms in total. The number of amides is 2. The van der Waals surface area contributed by atoms with Crippen molar-refractivity contribution in [2.24, 2.45) is 0 Å². The summed E-state index contributed by atoms with van der Waals surface area (Å²) >= 11 is 5.87. The fraction of sp³-hybridized carbons (Fsp3) is 0.278. The fourth-order valence-corrected chi connectivity index (χ4v) is 2.28. The van der Waals surface area contributed by atoms with Crippen LogP contribution in [0.5, 0.6) is 11.5 Å². The molecule has 2 aromatic rings. The van der Waals surface area contributed by atoms with Crippen LogP contribution in [-0.2, 0) is 6.42 Å². The molecule has 2 amide bonds. The number of hydrogen-bond donors (Lipinski definition) is 2. The Morgan fingerprint density at radius 3 is 2.58 bits per heavy atom. The van der Waals surface area contributed by atoms with E-state index < -0.39 is 0 Å². The Labute approximate surface area is 146 Å². The van der Waals surface area contributed by atoms with Crippen LogP contribution in [0.3, 0.4) is 0 Å². The monoisotopic (exact) mass is 348 g/mol. The number of urea groups is 1. The van der Waals surface area contributed by atoms with E-state index in [1.54, 1.807) is 19.2 Å². The van der Waals surface area contributed by atoms with Crippen LogP contribution in [0.2, 0.25) is 5.02 Å². The van der Waals surface area contributed by atoms with E-state index in [0.717, 1.165) is 17.7 Å². The van der Waals surface area contributed by atoms with Gasteiger partial charge in [-0.15, -0.1) is 0 Å². The molecule has 0 saturated carbocycles. The standard InChI is InChI=1S/C18H21ClN2O3/c1-23-16-6-2-4-14(12-16)8-9-20-18(22)21-10-11-24-17-7-3-5-15(19)13-17/h2-7,12-13H,8-11H2,1H3,(H2,20,21,22). The zero-order chi connectivity index (χ0) is 17.2. The van der Waals surface area contributed by atoms with E-state index in [1.807, 2.05) is 36.4 Å². The van der Waals surface area contributed by atoms with Crippen molar-refractivity contribution >= 4 is 17.6 Å². The minimum absolute atomic E-state index is 0.215. The molecule has 24 heavy (non-hydrogen) atoms. The molecule has 0 aliphatic carbocycles. The third kappa shape index (κ3) is 6.38.